The Hall–Kier alpha value is -3.35. The number of ether oxygens (including phenoxy) is 1. The van der Waals surface area contributed by atoms with Crippen LogP contribution in [0, 0.1) is 13.8 Å². The first kappa shape index (κ1) is 26.3. The molecule has 0 saturated carbocycles. The molecule has 3 rings (SSSR count). The van der Waals surface area contributed by atoms with Gasteiger partial charge in [-0.05, 0) is 82.3 Å². The molecule has 0 unspecified atom stereocenters. The lowest BCUT2D eigenvalue weighted by Crippen LogP contribution is -2.28. The Balaban J connectivity index is 1.98. The quantitative estimate of drug-likeness (QED) is 0.404. The maximum Gasteiger partial charge on any atom is 0.306 e. The van der Waals surface area contributed by atoms with Gasteiger partial charge < -0.3 is 19.6 Å². The van der Waals surface area contributed by atoms with Crippen molar-refractivity contribution in [2.45, 2.75) is 79.8 Å². The highest BCUT2D eigenvalue weighted by Crippen LogP contribution is 2.29. The highest BCUT2D eigenvalue weighted by atomic mass is 16.5. The number of nitrogens with zero attached hydrogens (tertiary/aromatic N) is 1. The normalized spacial score (nSPS) is 11.3. The van der Waals surface area contributed by atoms with E-state index in [1.165, 1.54) is 0 Å². The fraction of sp³-hybridized carbons (Fsp3) is 0.464. The number of hydrogen-bond acceptors (Lipinski definition) is 4. The molecule has 0 aliphatic rings. The number of esters is 1. The number of pyridine rings is 1. The minimum Gasteiger partial charge on any atom is -0.466 e. The van der Waals surface area contributed by atoms with E-state index in [1.54, 1.807) is 6.92 Å². The van der Waals surface area contributed by atoms with E-state index in [4.69, 9.17) is 4.74 Å². The summed E-state index contributed by atoms with van der Waals surface area (Å²) in [6, 6.07) is 6.11. The van der Waals surface area contributed by atoms with Crippen LogP contribution in [0.2, 0.25) is 0 Å². The third-order valence-electron chi connectivity index (χ3n) is 6.21. The van der Waals surface area contributed by atoms with E-state index in [0.29, 0.717) is 24.2 Å². The van der Waals surface area contributed by atoms with Gasteiger partial charge in [0.25, 0.3) is 11.5 Å². The number of hydrogen-bond donors (Lipinski definition) is 2. The highest BCUT2D eigenvalue weighted by molar-refractivity contribution is 6.08. The van der Waals surface area contributed by atoms with Gasteiger partial charge in [0.05, 0.1) is 6.61 Å². The Labute approximate surface area is 206 Å². The summed E-state index contributed by atoms with van der Waals surface area (Å²) in [5.74, 6) is -0.490. The van der Waals surface area contributed by atoms with Crippen LogP contribution >= 0.6 is 0 Å². The van der Waals surface area contributed by atoms with Gasteiger partial charge in [0, 0.05) is 52.9 Å². The van der Waals surface area contributed by atoms with Crippen molar-refractivity contribution in [3.63, 3.8) is 0 Å². The van der Waals surface area contributed by atoms with Gasteiger partial charge in [-0.1, -0.05) is 13.3 Å². The van der Waals surface area contributed by atoms with E-state index in [0.717, 1.165) is 46.1 Å². The number of aryl methyl sites for hydroxylation is 4. The second kappa shape index (κ2) is 11.4. The van der Waals surface area contributed by atoms with Crippen LogP contribution in [0.25, 0.3) is 10.9 Å². The lowest BCUT2D eigenvalue weighted by molar-refractivity contribution is -0.143. The SMILES string of the molecule is CCCc1cc(C)[nH]c(=O)c1CNC(=O)c1cc(CCC(=O)OCC)cc2c1c(C)cn2C(C)C. The van der Waals surface area contributed by atoms with Crippen molar-refractivity contribution in [3.05, 3.63) is 68.3 Å². The second-order valence-corrected chi connectivity index (χ2v) is 9.37. The summed E-state index contributed by atoms with van der Waals surface area (Å²) in [5, 5.41) is 3.88. The monoisotopic (exact) mass is 479 g/mol. The van der Waals surface area contributed by atoms with Crippen LogP contribution in [0.3, 0.4) is 0 Å². The Morgan fingerprint density at radius 3 is 2.51 bits per heavy atom. The number of H-pyrrole nitrogens is 1. The molecule has 0 spiro atoms. The number of aromatic nitrogens is 2. The van der Waals surface area contributed by atoms with Crippen LogP contribution in [-0.2, 0) is 28.9 Å². The molecule has 0 atom stereocenters. The number of nitrogens with one attached hydrogen (secondary N) is 2. The largest absolute Gasteiger partial charge is 0.466 e. The molecule has 1 aromatic carbocycles. The molecule has 2 heterocycles. The summed E-state index contributed by atoms with van der Waals surface area (Å²) in [6.07, 6.45) is 4.48. The molecule has 188 valence electrons. The lowest BCUT2D eigenvalue weighted by Gasteiger charge is -2.14. The molecule has 35 heavy (non-hydrogen) atoms. The molecule has 0 saturated heterocycles. The molecule has 1 amide bonds. The molecule has 7 heteroatoms. The summed E-state index contributed by atoms with van der Waals surface area (Å²) < 4.78 is 7.23. The molecular formula is C28H37N3O4. The minimum atomic E-state index is -0.254. The average Bonchev–Trinajstić information content (AvgIpc) is 3.13. The third kappa shape index (κ3) is 6.02. The van der Waals surface area contributed by atoms with Gasteiger partial charge in [0.2, 0.25) is 0 Å². The van der Waals surface area contributed by atoms with Crippen LogP contribution in [-0.4, -0.2) is 28.0 Å². The number of amides is 1. The third-order valence-corrected chi connectivity index (χ3v) is 6.21. The Morgan fingerprint density at radius 2 is 1.86 bits per heavy atom. The van der Waals surface area contributed by atoms with E-state index in [-0.39, 0.29) is 36.4 Å². The zero-order valence-electron chi connectivity index (χ0n) is 21.7. The lowest BCUT2D eigenvalue weighted by atomic mass is 9.99. The molecule has 0 bridgehead atoms. The zero-order chi connectivity index (χ0) is 25.7. The molecule has 0 aliphatic carbocycles. The van der Waals surface area contributed by atoms with E-state index in [1.807, 2.05) is 26.0 Å². The fourth-order valence-electron chi connectivity index (χ4n) is 4.61. The van der Waals surface area contributed by atoms with Crippen molar-refractivity contribution in [1.29, 1.82) is 0 Å². The van der Waals surface area contributed by atoms with Gasteiger partial charge in [-0.2, -0.15) is 0 Å². The zero-order valence-corrected chi connectivity index (χ0v) is 21.7. The smallest absolute Gasteiger partial charge is 0.306 e. The van der Waals surface area contributed by atoms with Crippen molar-refractivity contribution in [1.82, 2.24) is 14.9 Å². The number of carbonyl (C=O) groups excluding carboxylic acids is 2. The Kier molecular flexibility index (Phi) is 8.54. The number of benzene rings is 1. The van der Waals surface area contributed by atoms with Crippen molar-refractivity contribution in [2.24, 2.45) is 0 Å². The highest BCUT2D eigenvalue weighted by Gasteiger charge is 2.19. The van der Waals surface area contributed by atoms with E-state index >= 15 is 0 Å². The minimum absolute atomic E-state index is 0.155. The summed E-state index contributed by atoms with van der Waals surface area (Å²) in [7, 11) is 0. The van der Waals surface area contributed by atoms with E-state index in [9.17, 15) is 14.4 Å². The average molecular weight is 480 g/mol. The molecule has 0 radical (unpaired) electrons. The van der Waals surface area contributed by atoms with Gasteiger partial charge in [0.15, 0.2) is 0 Å². The molecular weight excluding hydrogens is 442 g/mol. The van der Waals surface area contributed by atoms with Crippen molar-refractivity contribution < 1.29 is 14.3 Å². The first-order chi connectivity index (χ1) is 16.7. The summed E-state index contributed by atoms with van der Waals surface area (Å²) >= 11 is 0. The van der Waals surface area contributed by atoms with Gasteiger partial charge in [-0.25, -0.2) is 0 Å². The number of rotatable bonds is 10. The number of carbonyl (C=O) groups is 2. The van der Waals surface area contributed by atoms with Crippen LogP contribution in [0.15, 0.2) is 29.2 Å². The maximum absolute atomic E-state index is 13.5. The van der Waals surface area contributed by atoms with Crippen molar-refractivity contribution >= 4 is 22.8 Å². The first-order valence-corrected chi connectivity index (χ1v) is 12.5. The van der Waals surface area contributed by atoms with E-state index < -0.39 is 0 Å². The van der Waals surface area contributed by atoms with Crippen LogP contribution in [0.4, 0.5) is 0 Å². The van der Waals surface area contributed by atoms with Crippen molar-refractivity contribution in [2.75, 3.05) is 6.61 Å². The Bertz CT molecular complexity index is 1280. The first-order valence-electron chi connectivity index (χ1n) is 12.5. The topological polar surface area (TPSA) is 93.2 Å². The Morgan fingerprint density at radius 1 is 1.11 bits per heavy atom. The second-order valence-electron chi connectivity index (χ2n) is 9.37. The molecule has 0 aliphatic heterocycles. The number of aromatic amines is 1. The molecule has 3 aromatic rings. The fourth-order valence-corrected chi connectivity index (χ4v) is 4.61. The molecule has 7 nitrogen and oxygen atoms in total. The van der Waals surface area contributed by atoms with E-state index in [2.05, 4.69) is 47.9 Å². The summed E-state index contributed by atoms with van der Waals surface area (Å²) in [4.78, 5) is 40.9. The van der Waals surface area contributed by atoms with Crippen molar-refractivity contribution in [3.8, 4) is 0 Å². The van der Waals surface area contributed by atoms with Gasteiger partial charge in [0.1, 0.15) is 0 Å². The summed E-state index contributed by atoms with van der Waals surface area (Å²) in [6.45, 7) is 12.4. The summed E-state index contributed by atoms with van der Waals surface area (Å²) in [5.41, 5.74) is 5.63. The predicted octanol–water partition coefficient (Wildman–Crippen LogP) is 4.91. The maximum atomic E-state index is 13.5. The van der Waals surface area contributed by atoms with Crippen LogP contribution in [0.5, 0.6) is 0 Å². The molecule has 2 aromatic heterocycles. The number of fused-ring (bicyclic) bond motifs is 1. The predicted molar refractivity (Wildman–Crippen MR) is 139 cm³/mol. The van der Waals surface area contributed by atoms with Crippen LogP contribution < -0.4 is 10.9 Å². The molecule has 2 N–H and O–H groups in total. The van der Waals surface area contributed by atoms with Gasteiger partial charge in [-0.3, -0.25) is 14.4 Å². The molecule has 0 fully saturated rings. The van der Waals surface area contributed by atoms with Crippen LogP contribution in [0.1, 0.15) is 84.9 Å². The standard InChI is InChI=1S/C28H37N3O4/c1-7-9-21-12-19(6)30-28(34)23(21)15-29-27(33)22-13-20(10-11-25(32)35-8-2)14-24-26(22)18(5)16-31(24)17(3)4/h12-14,16-17H,7-11,15H2,1-6H3,(H,29,33)(H,30,34). The van der Waals surface area contributed by atoms with Gasteiger partial charge in [-0.15, -0.1) is 0 Å². The van der Waals surface area contributed by atoms with Gasteiger partial charge >= 0.3 is 5.97 Å².